The molecule has 1 saturated carbocycles. The van der Waals surface area contributed by atoms with E-state index in [1.807, 2.05) is 0 Å². The summed E-state index contributed by atoms with van der Waals surface area (Å²) in [6, 6.07) is 4.72. The second kappa shape index (κ2) is 5.68. The van der Waals surface area contributed by atoms with Crippen LogP contribution in [-0.2, 0) is 5.41 Å². The molecule has 0 spiro atoms. The Morgan fingerprint density at radius 2 is 2.00 bits per heavy atom. The molecule has 0 aliphatic heterocycles. The van der Waals surface area contributed by atoms with Gasteiger partial charge in [0.15, 0.2) is 5.69 Å². The third-order valence-corrected chi connectivity index (χ3v) is 6.01. The van der Waals surface area contributed by atoms with Gasteiger partial charge in [0.1, 0.15) is 17.3 Å². The molecule has 1 aromatic carbocycles. The molecular weight excluding hydrogens is 365 g/mol. The van der Waals surface area contributed by atoms with Crippen LogP contribution in [0.5, 0.6) is 0 Å². The lowest BCUT2D eigenvalue weighted by Crippen LogP contribution is -2.09. The first kappa shape index (κ1) is 17.0. The predicted molar refractivity (Wildman–Crippen MR) is 102 cm³/mol. The maximum atomic E-state index is 14.6. The van der Waals surface area contributed by atoms with Crippen molar-refractivity contribution in [1.82, 2.24) is 14.8 Å². The van der Waals surface area contributed by atoms with Crippen molar-refractivity contribution in [3.05, 3.63) is 52.3 Å². The third-order valence-electron chi connectivity index (χ3n) is 5.77. The summed E-state index contributed by atoms with van der Waals surface area (Å²) in [5, 5.41) is 5.16. The first-order valence-corrected chi connectivity index (χ1v) is 9.75. The van der Waals surface area contributed by atoms with Crippen molar-refractivity contribution in [2.24, 2.45) is 0 Å². The van der Waals surface area contributed by atoms with Crippen molar-refractivity contribution in [2.75, 3.05) is 0 Å². The monoisotopic (exact) mass is 385 g/mol. The molecule has 27 heavy (non-hydrogen) atoms. The molecular formula is C21H21ClFN3O. The minimum absolute atomic E-state index is 0.127. The van der Waals surface area contributed by atoms with E-state index in [1.165, 1.54) is 11.6 Å². The highest BCUT2D eigenvalue weighted by molar-refractivity contribution is 6.30. The summed E-state index contributed by atoms with van der Waals surface area (Å²) in [4.78, 5) is 4.50. The van der Waals surface area contributed by atoms with Crippen molar-refractivity contribution in [1.29, 1.82) is 0 Å². The zero-order valence-electron chi connectivity index (χ0n) is 15.6. The van der Waals surface area contributed by atoms with Crippen LogP contribution in [0.1, 0.15) is 68.9 Å². The van der Waals surface area contributed by atoms with Gasteiger partial charge < -0.3 is 4.42 Å². The van der Waals surface area contributed by atoms with E-state index in [0.717, 1.165) is 36.4 Å². The fraction of sp³-hybridized carbons (Fsp3) is 0.429. The van der Waals surface area contributed by atoms with Crippen LogP contribution in [0.4, 0.5) is 4.39 Å². The molecule has 6 heteroatoms. The number of rotatable bonds is 2. The Morgan fingerprint density at radius 3 is 2.70 bits per heavy atom. The average molecular weight is 386 g/mol. The number of nitrogens with zero attached hydrogens (tertiary/aromatic N) is 3. The van der Waals surface area contributed by atoms with Gasteiger partial charge in [-0.25, -0.2) is 14.1 Å². The molecule has 4 nitrogen and oxygen atoms in total. The summed E-state index contributed by atoms with van der Waals surface area (Å²) in [5.41, 5.74) is 3.35. The van der Waals surface area contributed by atoms with E-state index in [-0.39, 0.29) is 11.2 Å². The first-order valence-electron chi connectivity index (χ1n) is 9.38. The van der Waals surface area contributed by atoms with Crippen LogP contribution in [0.3, 0.4) is 0 Å². The molecule has 2 atom stereocenters. The van der Waals surface area contributed by atoms with Crippen molar-refractivity contribution in [3.8, 4) is 17.3 Å². The summed E-state index contributed by atoms with van der Waals surface area (Å²) in [7, 11) is 0. The van der Waals surface area contributed by atoms with Gasteiger partial charge in [-0.2, -0.15) is 5.10 Å². The Kier molecular flexibility index (Phi) is 3.57. The van der Waals surface area contributed by atoms with Crippen LogP contribution >= 0.6 is 11.6 Å². The molecule has 0 unspecified atom stereocenters. The Morgan fingerprint density at radius 1 is 1.22 bits per heavy atom. The topological polar surface area (TPSA) is 43.9 Å². The van der Waals surface area contributed by atoms with Crippen molar-refractivity contribution in [2.45, 2.75) is 57.3 Å². The van der Waals surface area contributed by atoms with Crippen molar-refractivity contribution in [3.63, 3.8) is 0 Å². The molecule has 2 heterocycles. The predicted octanol–water partition coefficient (Wildman–Crippen LogP) is 5.98. The minimum atomic E-state index is -0.370. The van der Waals surface area contributed by atoms with Gasteiger partial charge in [0.25, 0.3) is 0 Å². The second-order valence-electron chi connectivity index (χ2n) is 8.64. The molecule has 2 aliphatic rings. The zero-order valence-corrected chi connectivity index (χ0v) is 16.3. The Labute approximate surface area is 162 Å². The smallest absolute Gasteiger partial charge is 0.247 e. The van der Waals surface area contributed by atoms with Gasteiger partial charge in [-0.3, -0.25) is 0 Å². The highest BCUT2D eigenvalue weighted by Crippen LogP contribution is 2.56. The van der Waals surface area contributed by atoms with Crippen LogP contribution in [0.2, 0.25) is 5.02 Å². The molecule has 0 N–H and O–H groups in total. The van der Waals surface area contributed by atoms with E-state index in [2.05, 4.69) is 25.8 Å². The third kappa shape index (κ3) is 2.55. The molecule has 140 valence electrons. The van der Waals surface area contributed by atoms with Crippen LogP contribution in [0, 0.1) is 5.82 Å². The lowest BCUT2D eigenvalue weighted by molar-refractivity contribution is 0.414. The second-order valence-corrected chi connectivity index (χ2v) is 9.08. The number of benzene rings is 1. The molecule has 3 aromatic rings. The van der Waals surface area contributed by atoms with Gasteiger partial charge in [0, 0.05) is 21.9 Å². The largest absolute Gasteiger partial charge is 0.439 e. The number of hydrogen-bond donors (Lipinski definition) is 0. The van der Waals surface area contributed by atoms with Gasteiger partial charge in [0.05, 0.1) is 11.9 Å². The van der Waals surface area contributed by atoms with Gasteiger partial charge in [0.2, 0.25) is 5.89 Å². The number of halogens is 2. The summed E-state index contributed by atoms with van der Waals surface area (Å²) in [6.45, 7) is 6.27. The lowest BCUT2D eigenvalue weighted by Gasteiger charge is -2.14. The Balaban J connectivity index is 1.70. The maximum Gasteiger partial charge on any atom is 0.247 e. The summed E-state index contributed by atoms with van der Waals surface area (Å²) >= 11 is 5.94. The Hall–Kier alpha value is -2.14. The van der Waals surface area contributed by atoms with Crippen LogP contribution in [-0.4, -0.2) is 14.8 Å². The van der Waals surface area contributed by atoms with Crippen molar-refractivity contribution >= 4 is 11.6 Å². The number of fused-ring (bicyclic) bond motifs is 5. The van der Waals surface area contributed by atoms with E-state index in [0.29, 0.717) is 28.4 Å². The van der Waals surface area contributed by atoms with Gasteiger partial charge in [-0.15, -0.1) is 0 Å². The van der Waals surface area contributed by atoms with Crippen LogP contribution < -0.4 is 0 Å². The maximum absolute atomic E-state index is 14.6. The van der Waals surface area contributed by atoms with Crippen molar-refractivity contribution < 1.29 is 8.81 Å². The normalized spacial score (nSPS) is 21.1. The van der Waals surface area contributed by atoms with E-state index < -0.39 is 0 Å². The fourth-order valence-electron chi connectivity index (χ4n) is 4.46. The van der Waals surface area contributed by atoms with E-state index in [1.54, 1.807) is 23.0 Å². The standard InChI is InChI=1S/C21H21ClFN3O/c1-21(2,3)16-10-24-20(27-16)18-17-11-4-5-12(8-11)19(17)26(25-18)15-7-6-13(22)9-14(15)23/h6-7,9-12H,4-5,8H2,1-3H3/t11-,12-/m0/s1. The molecule has 1 fully saturated rings. The molecule has 5 rings (SSSR count). The SMILES string of the molecule is CC(C)(C)c1cnc(-c2nn(-c3ccc(Cl)cc3F)c3c2[C@H]2CC[C@H]3C2)o1. The summed E-state index contributed by atoms with van der Waals surface area (Å²) < 4.78 is 22.4. The number of hydrogen-bond acceptors (Lipinski definition) is 3. The van der Waals surface area contributed by atoms with Gasteiger partial charge in [-0.1, -0.05) is 32.4 Å². The highest BCUT2D eigenvalue weighted by atomic mass is 35.5. The fourth-order valence-corrected chi connectivity index (χ4v) is 4.61. The first-order chi connectivity index (χ1) is 12.8. The van der Waals surface area contributed by atoms with Crippen LogP contribution in [0.25, 0.3) is 17.3 Å². The number of oxazole rings is 1. The van der Waals surface area contributed by atoms with Gasteiger partial charge in [-0.05, 0) is 43.4 Å². The zero-order chi connectivity index (χ0) is 18.9. The Bertz CT molecular complexity index is 1050. The van der Waals surface area contributed by atoms with E-state index in [4.69, 9.17) is 21.1 Å². The molecule has 2 aromatic heterocycles. The van der Waals surface area contributed by atoms with Gasteiger partial charge >= 0.3 is 0 Å². The van der Waals surface area contributed by atoms with E-state index in [9.17, 15) is 4.39 Å². The summed E-state index contributed by atoms with van der Waals surface area (Å²) in [6.07, 6.45) is 5.14. The van der Waals surface area contributed by atoms with E-state index >= 15 is 0 Å². The highest BCUT2D eigenvalue weighted by Gasteiger charge is 2.44. The minimum Gasteiger partial charge on any atom is -0.439 e. The number of aromatic nitrogens is 3. The molecule has 2 aliphatic carbocycles. The molecule has 0 saturated heterocycles. The molecule has 0 amide bonds. The van der Waals surface area contributed by atoms with Crippen LogP contribution in [0.15, 0.2) is 28.8 Å². The summed E-state index contributed by atoms with van der Waals surface area (Å²) in [5.74, 6) is 1.84. The lowest BCUT2D eigenvalue weighted by atomic mass is 9.94. The quantitative estimate of drug-likeness (QED) is 0.544. The average Bonchev–Trinajstić information content (AvgIpc) is 3.35. The molecule has 0 radical (unpaired) electrons. The molecule has 2 bridgehead atoms.